The lowest BCUT2D eigenvalue weighted by atomic mass is 10.4. The summed E-state index contributed by atoms with van der Waals surface area (Å²) in [6.45, 7) is 6.35. The van der Waals surface area contributed by atoms with E-state index in [9.17, 15) is 0 Å². The molecular formula is C7H13NS. The van der Waals surface area contributed by atoms with Crippen molar-refractivity contribution in [2.24, 2.45) is 5.73 Å². The van der Waals surface area contributed by atoms with Crippen LogP contribution in [0.15, 0.2) is 23.0 Å². The normalized spacial score (nSPS) is 11.6. The highest BCUT2D eigenvalue weighted by atomic mass is 32.2. The Morgan fingerprint density at radius 1 is 1.78 bits per heavy atom. The molecule has 0 aromatic carbocycles. The smallest absolute Gasteiger partial charge is 0.00316 e. The third-order valence-corrected chi connectivity index (χ3v) is 1.86. The summed E-state index contributed by atoms with van der Waals surface area (Å²) >= 11 is 1.65. The second-order valence-corrected chi connectivity index (χ2v) is 2.67. The van der Waals surface area contributed by atoms with Gasteiger partial charge >= 0.3 is 0 Å². The van der Waals surface area contributed by atoms with Crippen LogP contribution in [0.2, 0.25) is 0 Å². The molecule has 9 heavy (non-hydrogen) atoms. The molecule has 0 saturated carbocycles. The van der Waals surface area contributed by atoms with E-state index >= 15 is 0 Å². The van der Waals surface area contributed by atoms with Crippen LogP contribution < -0.4 is 5.73 Å². The van der Waals surface area contributed by atoms with Gasteiger partial charge in [-0.2, -0.15) is 0 Å². The molecule has 2 N–H and O–H groups in total. The van der Waals surface area contributed by atoms with E-state index in [2.05, 4.69) is 12.7 Å². The van der Waals surface area contributed by atoms with Gasteiger partial charge < -0.3 is 5.73 Å². The van der Waals surface area contributed by atoms with Crippen LogP contribution in [0.3, 0.4) is 0 Å². The average molecular weight is 143 g/mol. The number of hydrogen-bond donors (Lipinski definition) is 1. The first kappa shape index (κ1) is 8.79. The lowest BCUT2D eigenvalue weighted by Crippen LogP contribution is -1.97. The average Bonchev–Trinajstić information content (AvgIpc) is 1.88. The maximum absolute atomic E-state index is 5.35. The molecule has 0 unspecified atom stereocenters. The fourth-order valence-electron chi connectivity index (χ4n) is 0.521. The molecule has 0 rings (SSSR count). The molecule has 0 bridgehead atoms. The highest BCUT2D eigenvalue weighted by Crippen LogP contribution is 2.18. The van der Waals surface area contributed by atoms with E-state index in [-0.39, 0.29) is 0 Å². The van der Waals surface area contributed by atoms with Crippen molar-refractivity contribution in [2.45, 2.75) is 13.3 Å². The Bertz CT molecular complexity index is 107. The molecule has 0 spiro atoms. The van der Waals surface area contributed by atoms with E-state index in [1.165, 1.54) is 4.91 Å². The Labute approximate surface area is 61.0 Å². The van der Waals surface area contributed by atoms with Crippen LogP contribution in [0.25, 0.3) is 0 Å². The Hall–Kier alpha value is -0.210. The highest BCUT2D eigenvalue weighted by Gasteiger charge is 1.89. The summed E-state index contributed by atoms with van der Waals surface area (Å²) in [6, 6.07) is 0. The first-order valence-corrected chi connectivity index (χ1v) is 3.86. The third-order valence-electron chi connectivity index (χ3n) is 0.947. The fraction of sp³-hybridized carbons (Fsp3) is 0.429. The molecule has 0 saturated heterocycles. The maximum Gasteiger partial charge on any atom is -0.00316 e. The van der Waals surface area contributed by atoms with E-state index in [0.29, 0.717) is 0 Å². The number of thioether (sulfide) groups is 1. The predicted molar refractivity (Wildman–Crippen MR) is 45.2 cm³/mol. The zero-order valence-electron chi connectivity index (χ0n) is 5.76. The minimum Gasteiger partial charge on any atom is -0.330 e. The van der Waals surface area contributed by atoms with Crippen LogP contribution in [-0.4, -0.2) is 6.54 Å². The summed E-state index contributed by atoms with van der Waals surface area (Å²) in [5.74, 6) is 0. The molecule has 1 nitrogen and oxygen atoms in total. The van der Waals surface area contributed by atoms with Crippen LogP contribution in [-0.2, 0) is 0 Å². The van der Waals surface area contributed by atoms with Gasteiger partial charge in [0.25, 0.3) is 0 Å². The van der Waals surface area contributed by atoms with Gasteiger partial charge in [-0.3, -0.25) is 0 Å². The van der Waals surface area contributed by atoms with E-state index in [1.807, 2.05) is 12.3 Å². The lowest BCUT2D eigenvalue weighted by Gasteiger charge is -1.97. The summed E-state index contributed by atoms with van der Waals surface area (Å²) in [5.41, 5.74) is 5.35. The van der Waals surface area contributed by atoms with Gasteiger partial charge in [-0.05, 0) is 30.2 Å². The van der Waals surface area contributed by atoms with Gasteiger partial charge in [0.15, 0.2) is 0 Å². The fourth-order valence-corrected chi connectivity index (χ4v) is 1.11. The molecule has 2 heteroatoms. The molecule has 0 amide bonds. The van der Waals surface area contributed by atoms with Crippen molar-refractivity contribution in [3.05, 3.63) is 23.0 Å². The largest absolute Gasteiger partial charge is 0.330 e. The molecule has 0 aliphatic rings. The van der Waals surface area contributed by atoms with Crippen molar-refractivity contribution in [3.63, 3.8) is 0 Å². The molecule has 0 atom stereocenters. The summed E-state index contributed by atoms with van der Waals surface area (Å²) in [6.07, 6.45) is 3.03. The SMILES string of the molecule is C=CS/C(=C\C)CCN. The van der Waals surface area contributed by atoms with Crippen LogP contribution in [0, 0.1) is 0 Å². The van der Waals surface area contributed by atoms with Crippen LogP contribution >= 0.6 is 11.8 Å². The second-order valence-electron chi connectivity index (χ2n) is 1.58. The number of rotatable bonds is 4. The number of hydrogen-bond acceptors (Lipinski definition) is 2. The number of nitrogens with two attached hydrogens (primary N) is 1. The standard InChI is InChI=1S/C7H13NS/c1-3-7(5-6-8)9-4-2/h3-4H,2,5-6,8H2,1H3/b7-3-. The molecule has 0 aromatic heterocycles. The number of allylic oxidation sites excluding steroid dienone is 1. The summed E-state index contributed by atoms with van der Waals surface area (Å²) in [4.78, 5) is 1.30. The van der Waals surface area contributed by atoms with Gasteiger partial charge in [0.1, 0.15) is 0 Å². The quantitative estimate of drug-likeness (QED) is 0.652. The molecule has 0 heterocycles. The minimum atomic E-state index is 0.723. The Morgan fingerprint density at radius 2 is 2.44 bits per heavy atom. The molecule has 0 radical (unpaired) electrons. The predicted octanol–water partition coefficient (Wildman–Crippen LogP) is 2.12. The van der Waals surface area contributed by atoms with Crippen molar-refractivity contribution < 1.29 is 0 Å². The van der Waals surface area contributed by atoms with Gasteiger partial charge in [-0.1, -0.05) is 12.7 Å². The molecule has 0 aromatic rings. The van der Waals surface area contributed by atoms with Crippen molar-refractivity contribution in [2.75, 3.05) is 6.54 Å². The van der Waals surface area contributed by atoms with Crippen molar-refractivity contribution in [1.29, 1.82) is 0 Å². The Morgan fingerprint density at radius 3 is 2.78 bits per heavy atom. The van der Waals surface area contributed by atoms with Gasteiger partial charge in [0.2, 0.25) is 0 Å². The highest BCUT2D eigenvalue weighted by molar-refractivity contribution is 8.05. The van der Waals surface area contributed by atoms with E-state index in [4.69, 9.17) is 5.73 Å². The lowest BCUT2D eigenvalue weighted by molar-refractivity contribution is 0.995. The van der Waals surface area contributed by atoms with E-state index in [1.54, 1.807) is 11.8 Å². The third kappa shape index (κ3) is 4.30. The monoisotopic (exact) mass is 143 g/mol. The van der Waals surface area contributed by atoms with Crippen molar-refractivity contribution in [3.8, 4) is 0 Å². The Kier molecular flexibility index (Phi) is 5.78. The zero-order valence-corrected chi connectivity index (χ0v) is 6.58. The molecule has 0 fully saturated rings. The second kappa shape index (κ2) is 5.92. The summed E-state index contributed by atoms with van der Waals surface area (Å²) < 4.78 is 0. The maximum atomic E-state index is 5.35. The van der Waals surface area contributed by atoms with Gasteiger partial charge in [-0.15, -0.1) is 11.8 Å². The van der Waals surface area contributed by atoms with Gasteiger partial charge in [-0.25, -0.2) is 0 Å². The summed E-state index contributed by atoms with van der Waals surface area (Å²) in [5, 5.41) is 1.82. The van der Waals surface area contributed by atoms with E-state index in [0.717, 1.165) is 13.0 Å². The van der Waals surface area contributed by atoms with Crippen molar-refractivity contribution >= 4 is 11.8 Å². The van der Waals surface area contributed by atoms with Gasteiger partial charge in [0.05, 0.1) is 0 Å². The molecule has 0 aliphatic carbocycles. The Balaban J connectivity index is 3.55. The topological polar surface area (TPSA) is 26.0 Å². The van der Waals surface area contributed by atoms with Gasteiger partial charge in [0, 0.05) is 0 Å². The molecular weight excluding hydrogens is 130 g/mol. The zero-order chi connectivity index (χ0) is 7.11. The van der Waals surface area contributed by atoms with Crippen LogP contribution in [0.5, 0.6) is 0 Å². The molecule has 52 valence electrons. The first-order valence-electron chi connectivity index (χ1n) is 2.98. The van der Waals surface area contributed by atoms with Crippen LogP contribution in [0.1, 0.15) is 13.3 Å². The first-order chi connectivity index (χ1) is 4.35. The molecule has 0 aliphatic heterocycles. The summed E-state index contributed by atoms with van der Waals surface area (Å²) in [7, 11) is 0. The van der Waals surface area contributed by atoms with E-state index < -0.39 is 0 Å². The van der Waals surface area contributed by atoms with Crippen LogP contribution in [0.4, 0.5) is 0 Å². The minimum absolute atomic E-state index is 0.723. The van der Waals surface area contributed by atoms with Crippen molar-refractivity contribution in [1.82, 2.24) is 0 Å².